The fourth-order valence-corrected chi connectivity index (χ4v) is 5.44. The van der Waals surface area contributed by atoms with Gasteiger partial charge < -0.3 is 14.3 Å². The molecule has 4 nitrogen and oxygen atoms in total. The smallest absolute Gasteiger partial charge is 0.303 e. The molecule has 0 bridgehead atoms. The molecule has 1 N–H and O–H groups in total. The van der Waals surface area contributed by atoms with Gasteiger partial charge in [0.05, 0.1) is 18.1 Å². The molecular weight excluding hydrogens is 328 g/mol. The highest BCUT2D eigenvalue weighted by molar-refractivity contribution is 5.66. The van der Waals surface area contributed by atoms with E-state index in [2.05, 4.69) is 26.8 Å². The van der Waals surface area contributed by atoms with Crippen LogP contribution in [-0.2, 0) is 16.0 Å². The average Bonchev–Trinajstić information content (AvgIpc) is 3.06. The number of rotatable bonds is 4. The van der Waals surface area contributed by atoms with E-state index < -0.39 is 5.60 Å². The summed E-state index contributed by atoms with van der Waals surface area (Å²) in [6.07, 6.45) is 9.67. The molecule has 2 aliphatic rings. The van der Waals surface area contributed by atoms with Crippen LogP contribution >= 0.6 is 0 Å². The maximum Gasteiger partial charge on any atom is 0.303 e. The summed E-state index contributed by atoms with van der Waals surface area (Å²) in [5.41, 5.74) is 1.08. The van der Waals surface area contributed by atoms with Gasteiger partial charge in [0.1, 0.15) is 6.10 Å². The van der Waals surface area contributed by atoms with Gasteiger partial charge in [0.15, 0.2) is 0 Å². The summed E-state index contributed by atoms with van der Waals surface area (Å²) < 4.78 is 10.8. The van der Waals surface area contributed by atoms with Crippen LogP contribution in [0.2, 0.25) is 0 Å². The summed E-state index contributed by atoms with van der Waals surface area (Å²) >= 11 is 0. The Kier molecular flexibility index (Phi) is 4.85. The Morgan fingerprint density at radius 3 is 2.69 bits per heavy atom. The zero-order valence-corrected chi connectivity index (χ0v) is 16.7. The first-order chi connectivity index (χ1) is 12.1. The van der Waals surface area contributed by atoms with E-state index in [-0.39, 0.29) is 28.8 Å². The van der Waals surface area contributed by atoms with Crippen molar-refractivity contribution in [2.75, 3.05) is 0 Å². The second kappa shape index (κ2) is 6.56. The molecule has 1 fully saturated rings. The molecule has 0 saturated heterocycles. The summed E-state index contributed by atoms with van der Waals surface area (Å²) in [6.45, 7) is 10.1. The van der Waals surface area contributed by atoms with Crippen molar-refractivity contribution in [2.45, 2.75) is 78.4 Å². The minimum Gasteiger partial charge on any atom is -0.472 e. The third-order valence-corrected chi connectivity index (χ3v) is 7.01. The minimum atomic E-state index is -0.938. The lowest BCUT2D eigenvalue weighted by Crippen LogP contribution is -2.61. The van der Waals surface area contributed by atoms with Crippen LogP contribution in [0.3, 0.4) is 0 Å². The van der Waals surface area contributed by atoms with Gasteiger partial charge in [-0.3, -0.25) is 4.79 Å². The van der Waals surface area contributed by atoms with Gasteiger partial charge in [-0.05, 0) is 48.8 Å². The van der Waals surface area contributed by atoms with E-state index in [0.29, 0.717) is 6.42 Å². The number of carbonyl (C=O) groups excluding carboxylic acids is 1. The molecule has 0 aromatic carbocycles. The molecule has 4 atom stereocenters. The largest absolute Gasteiger partial charge is 0.472 e. The van der Waals surface area contributed by atoms with E-state index in [1.165, 1.54) is 12.5 Å². The first-order valence-corrected chi connectivity index (χ1v) is 9.74. The Morgan fingerprint density at radius 1 is 1.35 bits per heavy atom. The molecule has 0 aliphatic heterocycles. The van der Waals surface area contributed by atoms with E-state index in [9.17, 15) is 9.90 Å². The van der Waals surface area contributed by atoms with Crippen LogP contribution in [0.15, 0.2) is 34.7 Å². The van der Waals surface area contributed by atoms with Gasteiger partial charge in [-0.15, -0.1) is 0 Å². The Bertz CT molecular complexity index is 687. The Labute approximate surface area is 156 Å². The second-order valence-corrected chi connectivity index (χ2v) is 9.07. The predicted octanol–water partition coefficient (Wildman–Crippen LogP) is 4.67. The van der Waals surface area contributed by atoms with E-state index in [1.54, 1.807) is 12.5 Å². The first kappa shape index (κ1) is 19.2. The fraction of sp³-hybridized carbons (Fsp3) is 0.682. The summed E-state index contributed by atoms with van der Waals surface area (Å²) in [5.74, 6) is -0.464. The van der Waals surface area contributed by atoms with E-state index in [0.717, 1.165) is 31.2 Å². The number of aliphatic hydroxyl groups is 1. The number of aryl methyl sites for hydroxylation is 1. The van der Waals surface area contributed by atoms with E-state index in [1.807, 2.05) is 13.0 Å². The highest BCUT2D eigenvalue weighted by Crippen LogP contribution is 2.61. The minimum absolute atomic E-state index is 0.00480. The van der Waals surface area contributed by atoms with Crippen LogP contribution in [-0.4, -0.2) is 22.8 Å². The molecular formula is C22H32O4. The number of furan rings is 1. The topological polar surface area (TPSA) is 59.7 Å². The Hall–Kier alpha value is -1.55. The molecule has 144 valence electrons. The molecule has 0 radical (unpaired) electrons. The second-order valence-electron chi connectivity index (χ2n) is 9.07. The zero-order chi connectivity index (χ0) is 19.2. The van der Waals surface area contributed by atoms with Gasteiger partial charge in [0, 0.05) is 18.3 Å². The van der Waals surface area contributed by atoms with Gasteiger partial charge in [-0.2, -0.15) is 0 Å². The molecule has 4 heteroatoms. The van der Waals surface area contributed by atoms with Gasteiger partial charge >= 0.3 is 5.97 Å². The number of carbonyl (C=O) groups is 1. The maximum atomic E-state index is 12.0. The van der Waals surface area contributed by atoms with Crippen LogP contribution in [0.25, 0.3) is 0 Å². The van der Waals surface area contributed by atoms with E-state index >= 15 is 0 Å². The maximum absolute atomic E-state index is 12.0. The molecule has 0 spiro atoms. The lowest BCUT2D eigenvalue weighted by atomic mass is 9.48. The van der Waals surface area contributed by atoms with Crippen molar-refractivity contribution in [1.29, 1.82) is 0 Å². The van der Waals surface area contributed by atoms with Gasteiger partial charge in [0.2, 0.25) is 0 Å². The van der Waals surface area contributed by atoms with Crippen molar-refractivity contribution in [3.8, 4) is 0 Å². The van der Waals surface area contributed by atoms with Gasteiger partial charge in [-0.25, -0.2) is 0 Å². The lowest BCUT2D eigenvalue weighted by molar-refractivity contribution is -0.174. The molecule has 1 aromatic rings. The van der Waals surface area contributed by atoms with Gasteiger partial charge in [-0.1, -0.05) is 39.7 Å². The zero-order valence-electron chi connectivity index (χ0n) is 16.7. The Balaban J connectivity index is 2.02. The summed E-state index contributed by atoms with van der Waals surface area (Å²) in [7, 11) is 0. The van der Waals surface area contributed by atoms with Crippen LogP contribution in [0.5, 0.6) is 0 Å². The monoisotopic (exact) mass is 360 g/mol. The van der Waals surface area contributed by atoms with Crippen molar-refractivity contribution >= 4 is 5.97 Å². The van der Waals surface area contributed by atoms with Crippen LogP contribution in [0, 0.1) is 16.7 Å². The normalized spacial score (nSPS) is 36.2. The number of fused-ring (bicyclic) bond motifs is 1. The van der Waals surface area contributed by atoms with Crippen LogP contribution in [0.1, 0.15) is 65.9 Å². The van der Waals surface area contributed by atoms with Crippen molar-refractivity contribution in [3.05, 3.63) is 35.8 Å². The third kappa shape index (κ3) is 3.02. The fourth-order valence-electron chi connectivity index (χ4n) is 5.44. The molecule has 1 saturated carbocycles. The van der Waals surface area contributed by atoms with Crippen molar-refractivity contribution in [2.24, 2.45) is 16.7 Å². The van der Waals surface area contributed by atoms with Crippen molar-refractivity contribution in [3.63, 3.8) is 0 Å². The lowest BCUT2D eigenvalue weighted by Gasteiger charge is -2.60. The molecule has 4 unspecified atom stereocenters. The molecule has 26 heavy (non-hydrogen) atoms. The molecule has 3 rings (SSSR count). The van der Waals surface area contributed by atoms with Crippen molar-refractivity contribution in [1.82, 2.24) is 0 Å². The summed E-state index contributed by atoms with van der Waals surface area (Å²) in [6, 6.07) is 1.95. The summed E-state index contributed by atoms with van der Waals surface area (Å²) in [4.78, 5) is 11.7. The molecule has 1 aromatic heterocycles. The SMILES string of the molecule is CC(=O)OC1C=C2C(C)(C)CCCC2(C)C(O)(CCc2ccoc2)C1C. The van der Waals surface area contributed by atoms with Gasteiger partial charge in [0.25, 0.3) is 0 Å². The molecule has 1 heterocycles. The highest BCUT2D eigenvalue weighted by Gasteiger charge is 2.60. The number of esters is 1. The first-order valence-electron chi connectivity index (χ1n) is 9.74. The number of hydrogen-bond donors (Lipinski definition) is 1. The third-order valence-electron chi connectivity index (χ3n) is 7.01. The molecule has 0 amide bonds. The number of hydrogen-bond acceptors (Lipinski definition) is 4. The quantitative estimate of drug-likeness (QED) is 0.626. The highest BCUT2D eigenvalue weighted by atomic mass is 16.5. The average molecular weight is 360 g/mol. The van der Waals surface area contributed by atoms with E-state index in [4.69, 9.17) is 9.15 Å². The number of ether oxygens (including phenoxy) is 1. The van der Waals surface area contributed by atoms with Crippen LogP contribution < -0.4 is 0 Å². The Morgan fingerprint density at radius 2 is 2.08 bits per heavy atom. The van der Waals surface area contributed by atoms with Crippen LogP contribution in [0.4, 0.5) is 0 Å². The predicted molar refractivity (Wildman–Crippen MR) is 101 cm³/mol. The molecule has 2 aliphatic carbocycles. The van der Waals surface area contributed by atoms with Crippen molar-refractivity contribution < 1.29 is 19.1 Å². The summed E-state index contributed by atoms with van der Waals surface area (Å²) in [5, 5.41) is 12.0. The standard InChI is InChI=1S/C22H32O4/c1-15-18(26-16(2)23)13-19-20(3,4)9-6-10-21(19,5)22(15,24)11-7-17-8-12-25-14-17/h8,12-15,18,24H,6-7,9-11H2,1-5H3.